The summed E-state index contributed by atoms with van der Waals surface area (Å²) in [5.74, 6) is 5.28. The number of rotatable bonds is 3. The van der Waals surface area contributed by atoms with Gasteiger partial charge in [-0.1, -0.05) is 54.6 Å². The van der Waals surface area contributed by atoms with E-state index in [0.717, 1.165) is 38.7 Å². The number of benzene rings is 2. The van der Waals surface area contributed by atoms with Gasteiger partial charge in [-0.15, -0.1) is 0 Å². The van der Waals surface area contributed by atoms with E-state index in [2.05, 4.69) is 121 Å². The largest absolute Gasteiger partial charge is 0.367 e. The van der Waals surface area contributed by atoms with E-state index in [0.29, 0.717) is 83.8 Å². The van der Waals surface area contributed by atoms with Gasteiger partial charge in [-0.3, -0.25) is 4.98 Å². The molecule has 9 aliphatic heterocycles. The van der Waals surface area contributed by atoms with Crippen molar-refractivity contribution in [3.05, 3.63) is 119 Å². The first-order chi connectivity index (χ1) is 28.8. The Morgan fingerprint density at radius 3 is 2.03 bits per heavy atom. The van der Waals surface area contributed by atoms with Crippen LogP contribution in [0.3, 0.4) is 0 Å². The predicted octanol–water partition coefficient (Wildman–Crippen LogP) is 6.08. The summed E-state index contributed by atoms with van der Waals surface area (Å²) >= 11 is 0. The molecule has 1 aromatic heterocycles. The fourth-order valence-corrected chi connectivity index (χ4v) is 16.7. The smallest absolute Gasteiger partial charge is 0.159 e. The van der Waals surface area contributed by atoms with Crippen LogP contribution in [0.4, 0.5) is 5.69 Å². The zero-order chi connectivity index (χ0) is 37.6. The lowest BCUT2D eigenvalue weighted by Gasteiger charge is -2.68. The van der Waals surface area contributed by atoms with Gasteiger partial charge < -0.3 is 36.0 Å². The Kier molecular flexibility index (Phi) is 7.61. The lowest BCUT2D eigenvalue weighted by Crippen LogP contribution is -2.75. The molecule has 0 spiro atoms. The van der Waals surface area contributed by atoms with E-state index in [9.17, 15) is 0 Å². The maximum atomic E-state index is 5.20. The summed E-state index contributed by atoms with van der Waals surface area (Å²) in [6, 6.07) is 34.4. The molecule has 4 N–H and O–H groups in total. The molecule has 15 unspecified atom stereocenters. The van der Waals surface area contributed by atoms with Gasteiger partial charge in [-0.2, -0.15) is 0 Å². The first-order valence-corrected chi connectivity index (χ1v) is 23.6. The maximum absolute atomic E-state index is 5.20. The summed E-state index contributed by atoms with van der Waals surface area (Å²) in [5.41, 5.74) is 9.48. The van der Waals surface area contributed by atoms with Gasteiger partial charge in [0, 0.05) is 70.9 Å². The normalized spacial score (nSPS) is 42.9. The maximum Gasteiger partial charge on any atom is 0.159 e. The molecule has 1 saturated carbocycles. The molecule has 3 aromatic rings. The van der Waals surface area contributed by atoms with Gasteiger partial charge in [-0.05, 0) is 143 Å². The summed E-state index contributed by atoms with van der Waals surface area (Å²) in [6.45, 7) is 5.35. The van der Waals surface area contributed by atoms with Crippen molar-refractivity contribution in [1.82, 2.24) is 36.1 Å². The van der Waals surface area contributed by atoms with Gasteiger partial charge in [0.05, 0.1) is 24.2 Å². The third-order valence-electron chi connectivity index (χ3n) is 18.2. The van der Waals surface area contributed by atoms with E-state index in [-0.39, 0.29) is 0 Å². The number of piperidine rings is 4. The highest BCUT2D eigenvalue weighted by Crippen LogP contribution is 2.68. The zero-order valence-corrected chi connectivity index (χ0v) is 33.8. The van der Waals surface area contributed by atoms with Crippen molar-refractivity contribution in [3.8, 4) is 0 Å². The van der Waals surface area contributed by atoms with Gasteiger partial charge in [0.1, 0.15) is 5.82 Å². The van der Waals surface area contributed by atoms with E-state index in [1.54, 1.807) is 28.2 Å². The topological polar surface area (TPSA) is 70.7 Å². The predicted molar refractivity (Wildman–Crippen MR) is 231 cm³/mol. The van der Waals surface area contributed by atoms with E-state index < -0.39 is 0 Å². The Morgan fingerprint density at radius 1 is 0.586 bits per heavy atom. The average molecular weight is 771 g/mol. The quantitative estimate of drug-likeness (QED) is 0.239. The standard InChI is InChI=1S/C49H59BN8/c1-3-11-28(12-4-1)32-25-29-13-9-21-52-42(29)39-44-47-33(18-23-54-44)50-34-19-24-55-45-40-43-36(17-10-22-53-43)56(31-14-5-2-6-15-31)49(40)58(48(34)45)38-27-30(35-16-7-8-20-51-35)26-37(41(38)50)57(47)46(32)39/h1-8,11-12,14-16,20,29-30,32-34,36-38,41-45,47-48,52-55H,9-10,13,17-19,21-27H2. The van der Waals surface area contributed by atoms with Crippen LogP contribution < -0.4 is 26.2 Å². The van der Waals surface area contributed by atoms with E-state index in [1.165, 1.54) is 69.2 Å². The third-order valence-corrected chi connectivity index (χ3v) is 18.2. The van der Waals surface area contributed by atoms with Crippen LogP contribution in [0.15, 0.2) is 108 Å². The number of nitrogens with zero attached hydrogens (tertiary/aromatic N) is 4. The molecule has 11 aliphatic rings. The summed E-state index contributed by atoms with van der Waals surface area (Å²) in [7, 11) is 0. The molecule has 10 heterocycles. The molecular weight excluding hydrogens is 711 g/mol. The number of nitrogens with one attached hydrogen (secondary N) is 4. The highest BCUT2D eigenvalue weighted by atomic mass is 15.5. The molecular formula is C49H59BN8. The van der Waals surface area contributed by atoms with Crippen LogP contribution >= 0.6 is 0 Å². The van der Waals surface area contributed by atoms with Crippen molar-refractivity contribution in [3.63, 3.8) is 0 Å². The van der Waals surface area contributed by atoms with Gasteiger partial charge in [0.15, 0.2) is 6.71 Å². The Morgan fingerprint density at radius 2 is 1.26 bits per heavy atom. The van der Waals surface area contributed by atoms with Crippen molar-refractivity contribution in [2.45, 2.75) is 141 Å². The number of aromatic nitrogens is 1. The summed E-state index contributed by atoms with van der Waals surface area (Å²) in [6.07, 6.45) is 13.6. The molecule has 58 heavy (non-hydrogen) atoms. The van der Waals surface area contributed by atoms with E-state index in [4.69, 9.17) is 4.98 Å². The number of hydrogen-bond acceptors (Lipinski definition) is 8. The number of para-hydroxylation sites is 1. The van der Waals surface area contributed by atoms with Gasteiger partial charge in [-0.25, -0.2) is 0 Å². The Balaban J connectivity index is 0.977. The Hall–Kier alpha value is -3.63. The molecule has 8 nitrogen and oxygen atoms in total. The second kappa shape index (κ2) is 12.9. The average Bonchev–Trinajstić information content (AvgIpc) is 3.94. The Bertz CT molecular complexity index is 2150. The monoisotopic (exact) mass is 770 g/mol. The van der Waals surface area contributed by atoms with Crippen molar-refractivity contribution >= 4 is 12.4 Å². The van der Waals surface area contributed by atoms with Crippen LogP contribution in [0.2, 0.25) is 17.5 Å². The van der Waals surface area contributed by atoms with Crippen molar-refractivity contribution in [1.29, 1.82) is 0 Å². The van der Waals surface area contributed by atoms with Crippen LogP contribution in [0, 0.1) is 5.92 Å². The zero-order valence-electron chi connectivity index (χ0n) is 33.8. The van der Waals surface area contributed by atoms with Gasteiger partial charge in [0.25, 0.3) is 0 Å². The Labute approximate surface area is 344 Å². The molecule has 2 aromatic carbocycles. The SMILES string of the molecule is c1ccc(C2CC3CCCNC3C3=C2N2C4CC(c5ccccn5)CC5C4B(C4CCNC3C42)C2CCNC3C4=C(N(c6ccccc6)C6CCCNC46)N5C23)cc1. The highest BCUT2D eigenvalue weighted by molar-refractivity contribution is 6.65. The van der Waals surface area contributed by atoms with Crippen molar-refractivity contribution < 1.29 is 0 Å². The number of pyridine rings is 1. The number of hydrogen-bond donors (Lipinski definition) is 4. The fraction of sp³-hybridized carbons (Fsp3) is 0.571. The second-order valence-corrected chi connectivity index (χ2v) is 20.3. The number of fused-ring (bicyclic) bond motifs is 12. The number of allylic oxidation sites excluding steroid dienone is 1. The molecule has 7 fully saturated rings. The molecule has 298 valence electrons. The molecule has 0 radical (unpaired) electrons. The molecule has 2 aliphatic carbocycles. The van der Waals surface area contributed by atoms with Crippen LogP contribution in [0.1, 0.15) is 80.9 Å². The van der Waals surface area contributed by atoms with Gasteiger partial charge in [0.2, 0.25) is 0 Å². The summed E-state index contributed by atoms with van der Waals surface area (Å²) in [4.78, 5) is 14.4. The first kappa shape index (κ1) is 34.1. The minimum absolute atomic E-state index is 0.419. The lowest BCUT2D eigenvalue weighted by molar-refractivity contribution is 0.0186. The summed E-state index contributed by atoms with van der Waals surface area (Å²) in [5, 5.41) is 17.0. The first-order valence-electron chi connectivity index (χ1n) is 23.6. The molecule has 0 amide bonds. The number of anilines is 1. The lowest BCUT2D eigenvalue weighted by atomic mass is 9.19. The minimum atomic E-state index is 0.419. The summed E-state index contributed by atoms with van der Waals surface area (Å²) < 4.78 is 0. The molecule has 6 saturated heterocycles. The van der Waals surface area contributed by atoms with Crippen molar-refractivity contribution in [2.75, 3.05) is 31.1 Å². The second-order valence-electron chi connectivity index (χ2n) is 20.3. The highest BCUT2D eigenvalue weighted by Gasteiger charge is 2.71. The molecule has 14 rings (SSSR count). The van der Waals surface area contributed by atoms with Crippen LogP contribution in [-0.2, 0) is 0 Å². The molecule has 9 heteroatoms. The van der Waals surface area contributed by atoms with Crippen LogP contribution in [0.25, 0.3) is 0 Å². The third kappa shape index (κ3) is 4.55. The molecule has 15 atom stereocenters. The minimum Gasteiger partial charge on any atom is -0.367 e. The van der Waals surface area contributed by atoms with Gasteiger partial charge >= 0.3 is 0 Å². The van der Waals surface area contributed by atoms with Crippen LogP contribution in [0.5, 0.6) is 0 Å². The molecule has 0 bridgehead atoms. The van der Waals surface area contributed by atoms with E-state index >= 15 is 0 Å². The van der Waals surface area contributed by atoms with Crippen molar-refractivity contribution in [2.24, 2.45) is 5.92 Å². The van der Waals surface area contributed by atoms with E-state index in [1.807, 2.05) is 0 Å². The fourth-order valence-electron chi connectivity index (χ4n) is 16.7. The van der Waals surface area contributed by atoms with Crippen LogP contribution in [-0.4, -0.2) is 102 Å².